The second kappa shape index (κ2) is 9.25. The molecule has 0 saturated carbocycles. The standard InChI is InChI=1S/C19H16N4O3S2/c1-13-6-8-14(9-7-13)12-27-19-22-21-18(28-19)20-17(24)11-10-15-4-2-3-5-16(15)23(25)26/h2-11H,12H2,1H3,(H,20,21,24). The Hall–Kier alpha value is -3.04. The van der Waals surface area contributed by atoms with E-state index in [0.717, 1.165) is 10.1 Å². The Kier molecular flexibility index (Phi) is 6.51. The molecule has 0 radical (unpaired) electrons. The van der Waals surface area contributed by atoms with Crippen LogP contribution in [0, 0.1) is 17.0 Å². The Labute approximate surface area is 169 Å². The number of anilines is 1. The van der Waals surface area contributed by atoms with Crippen LogP contribution in [0.1, 0.15) is 16.7 Å². The summed E-state index contributed by atoms with van der Waals surface area (Å²) in [4.78, 5) is 22.6. The second-order valence-corrected chi connectivity index (χ2v) is 7.99. The van der Waals surface area contributed by atoms with E-state index in [9.17, 15) is 14.9 Å². The van der Waals surface area contributed by atoms with Crippen molar-refractivity contribution in [2.75, 3.05) is 5.32 Å². The van der Waals surface area contributed by atoms with Crippen molar-refractivity contribution in [1.29, 1.82) is 0 Å². The molecule has 0 atom stereocenters. The Morgan fingerprint density at radius 3 is 2.71 bits per heavy atom. The Morgan fingerprint density at radius 1 is 1.21 bits per heavy atom. The first-order chi connectivity index (χ1) is 13.5. The molecular weight excluding hydrogens is 396 g/mol. The van der Waals surface area contributed by atoms with Crippen molar-refractivity contribution < 1.29 is 9.72 Å². The van der Waals surface area contributed by atoms with Crippen molar-refractivity contribution in [3.63, 3.8) is 0 Å². The zero-order chi connectivity index (χ0) is 19.9. The van der Waals surface area contributed by atoms with Gasteiger partial charge >= 0.3 is 0 Å². The summed E-state index contributed by atoms with van der Waals surface area (Å²) >= 11 is 2.82. The van der Waals surface area contributed by atoms with Crippen LogP contribution in [0.4, 0.5) is 10.8 Å². The van der Waals surface area contributed by atoms with Crippen molar-refractivity contribution >= 4 is 45.9 Å². The molecule has 0 spiro atoms. The predicted octanol–water partition coefficient (Wildman–Crippen LogP) is 4.70. The van der Waals surface area contributed by atoms with Gasteiger partial charge in [-0.15, -0.1) is 10.2 Å². The Bertz CT molecular complexity index is 1020. The molecule has 0 bridgehead atoms. The van der Waals surface area contributed by atoms with Crippen molar-refractivity contribution in [2.24, 2.45) is 0 Å². The molecule has 1 heterocycles. The molecule has 3 aromatic rings. The number of hydrogen-bond donors (Lipinski definition) is 1. The summed E-state index contributed by atoms with van der Waals surface area (Å²) in [6.45, 7) is 2.04. The molecule has 1 aromatic heterocycles. The summed E-state index contributed by atoms with van der Waals surface area (Å²) in [6, 6.07) is 14.5. The summed E-state index contributed by atoms with van der Waals surface area (Å²) in [7, 11) is 0. The first-order valence-electron chi connectivity index (χ1n) is 8.25. The van der Waals surface area contributed by atoms with Gasteiger partial charge in [-0.3, -0.25) is 20.2 Å². The van der Waals surface area contributed by atoms with Crippen LogP contribution in [-0.4, -0.2) is 21.0 Å². The molecule has 0 aliphatic heterocycles. The maximum absolute atomic E-state index is 12.1. The highest BCUT2D eigenvalue weighted by Crippen LogP contribution is 2.28. The molecule has 0 fully saturated rings. The third kappa shape index (κ3) is 5.48. The highest BCUT2D eigenvalue weighted by atomic mass is 32.2. The summed E-state index contributed by atoms with van der Waals surface area (Å²) in [5.74, 6) is 0.338. The fourth-order valence-electron chi connectivity index (χ4n) is 2.26. The number of carbonyl (C=O) groups excluding carboxylic acids is 1. The van der Waals surface area contributed by atoms with Gasteiger partial charge in [0.25, 0.3) is 5.69 Å². The van der Waals surface area contributed by atoms with E-state index in [-0.39, 0.29) is 5.69 Å². The molecule has 3 rings (SSSR count). The molecule has 9 heteroatoms. The number of thioether (sulfide) groups is 1. The maximum Gasteiger partial charge on any atom is 0.276 e. The van der Waals surface area contributed by atoms with Gasteiger partial charge in [0, 0.05) is 17.9 Å². The third-order valence-corrected chi connectivity index (χ3v) is 5.71. The molecule has 0 saturated heterocycles. The van der Waals surface area contributed by atoms with Crippen LogP contribution in [-0.2, 0) is 10.5 Å². The topological polar surface area (TPSA) is 98.0 Å². The molecule has 7 nitrogen and oxygen atoms in total. The van der Waals surface area contributed by atoms with E-state index in [2.05, 4.69) is 39.8 Å². The number of hydrogen-bond acceptors (Lipinski definition) is 7. The smallest absolute Gasteiger partial charge is 0.276 e. The fourth-order valence-corrected chi connectivity index (χ4v) is 3.97. The Morgan fingerprint density at radius 2 is 1.96 bits per heavy atom. The Balaban J connectivity index is 1.56. The highest BCUT2D eigenvalue weighted by Gasteiger charge is 2.11. The van der Waals surface area contributed by atoms with Crippen LogP contribution in [0.25, 0.3) is 6.08 Å². The highest BCUT2D eigenvalue weighted by molar-refractivity contribution is 8.00. The molecule has 0 aliphatic rings. The number of para-hydroxylation sites is 1. The largest absolute Gasteiger partial charge is 0.297 e. The summed E-state index contributed by atoms with van der Waals surface area (Å²) in [5.41, 5.74) is 2.69. The number of nitrogens with one attached hydrogen (secondary N) is 1. The quantitative estimate of drug-likeness (QED) is 0.199. The van der Waals surface area contributed by atoms with E-state index in [1.807, 2.05) is 6.92 Å². The van der Waals surface area contributed by atoms with Gasteiger partial charge in [0.15, 0.2) is 4.34 Å². The molecule has 142 valence electrons. The number of carbonyl (C=O) groups is 1. The van der Waals surface area contributed by atoms with Crippen LogP contribution in [0.15, 0.2) is 58.9 Å². The van der Waals surface area contributed by atoms with Crippen LogP contribution in [0.3, 0.4) is 0 Å². The summed E-state index contributed by atoms with van der Waals surface area (Å²) in [6.07, 6.45) is 2.64. The maximum atomic E-state index is 12.1. The number of aromatic nitrogens is 2. The molecular formula is C19H16N4O3S2. The summed E-state index contributed by atoms with van der Waals surface area (Å²) in [5, 5.41) is 22.0. The SMILES string of the molecule is Cc1ccc(CSc2nnc(NC(=O)C=Cc3ccccc3[N+](=O)[O-])s2)cc1. The average molecular weight is 412 g/mol. The number of nitro groups is 1. The minimum absolute atomic E-state index is 0.0581. The number of rotatable bonds is 7. The van der Waals surface area contributed by atoms with E-state index in [0.29, 0.717) is 10.7 Å². The lowest BCUT2D eigenvalue weighted by Crippen LogP contribution is -2.07. The number of nitro benzene ring substituents is 1. The van der Waals surface area contributed by atoms with Gasteiger partial charge in [-0.1, -0.05) is 65.1 Å². The normalized spacial score (nSPS) is 10.9. The zero-order valence-corrected chi connectivity index (χ0v) is 16.5. The van der Waals surface area contributed by atoms with E-state index >= 15 is 0 Å². The van der Waals surface area contributed by atoms with Crippen molar-refractivity contribution in [3.05, 3.63) is 81.4 Å². The van der Waals surface area contributed by atoms with Gasteiger partial charge in [-0.05, 0) is 24.6 Å². The number of benzene rings is 2. The van der Waals surface area contributed by atoms with Gasteiger partial charge in [0.2, 0.25) is 11.0 Å². The van der Waals surface area contributed by atoms with Crippen LogP contribution < -0.4 is 5.32 Å². The molecule has 1 N–H and O–H groups in total. The molecule has 0 aliphatic carbocycles. The van der Waals surface area contributed by atoms with Gasteiger partial charge in [-0.25, -0.2) is 0 Å². The monoisotopic (exact) mass is 412 g/mol. The van der Waals surface area contributed by atoms with E-state index in [1.54, 1.807) is 30.0 Å². The van der Waals surface area contributed by atoms with Crippen molar-refractivity contribution in [2.45, 2.75) is 17.0 Å². The number of amides is 1. The van der Waals surface area contributed by atoms with Gasteiger partial charge in [0.1, 0.15) is 0 Å². The van der Waals surface area contributed by atoms with Crippen LogP contribution in [0.5, 0.6) is 0 Å². The number of aryl methyl sites for hydroxylation is 1. The summed E-state index contributed by atoms with van der Waals surface area (Å²) < 4.78 is 0.749. The average Bonchev–Trinajstić information content (AvgIpc) is 3.13. The first-order valence-corrected chi connectivity index (χ1v) is 10.1. The minimum Gasteiger partial charge on any atom is -0.297 e. The van der Waals surface area contributed by atoms with E-state index in [1.165, 1.54) is 40.7 Å². The second-order valence-electron chi connectivity index (χ2n) is 5.79. The third-order valence-electron chi connectivity index (χ3n) is 3.67. The van der Waals surface area contributed by atoms with Gasteiger partial charge in [-0.2, -0.15) is 0 Å². The molecule has 0 unspecified atom stereocenters. The number of nitrogens with zero attached hydrogens (tertiary/aromatic N) is 3. The van der Waals surface area contributed by atoms with Crippen LogP contribution in [0.2, 0.25) is 0 Å². The lowest BCUT2D eigenvalue weighted by molar-refractivity contribution is -0.385. The minimum atomic E-state index is -0.486. The van der Waals surface area contributed by atoms with Gasteiger partial charge in [0.05, 0.1) is 10.5 Å². The van der Waals surface area contributed by atoms with Gasteiger partial charge < -0.3 is 0 Å². The zero-order valence-electron chi connectivity index (χ0n) is 14.9. The van der Waals surface area contributed by atoms with Crippen molar-refractivity contribution in [3.8, 4) is 0 Å². The first kappa shape index (κ1) is 19.7. The molecule has 1 amide bonds. The van der Waals surface area contributed by atoms with E-state index in [4.69, 9.17) is 0 Å². The lowest BCUT2D eigenvalue weighted by atomic mass is 10.1. The predicted molar refractivity (Wildman–Crippen MR) is 111 cm³/mol. The van der Waals surface area contributed by atoms with Crippen molar-refractivity contribution in [1.82, 2.24) is 10.2 Å². The fraction of sp³-hybridized carbons (Fsp3) is 0.105. The molecule has 28 heavy (non-hydrogen) atoms. The van der Waals surface area contributed by atoms with E-state index < -0.39 is 10.8 Å². The van der Waals surface area contributed by atoms with Crippen LogP contribution >= 0.6 is 23.1 Å². The molecule has 2 aromatic carbocycles. The lowest BCUT2D eigenvalue weighted by Gasteiger charge is -1.99.